The van der Waals surface area contributed by atoms with Gasteiger partial charge < -0.3 is 10.1 Å². The number of nitrogens with one attached hydrogen (secondary N) is 1. The van der Waals surface area contributed by atoms with Crippen molar-refractivity contribution in [1.29, 1.82) is 0 Å². The highest BCUT2D eigenvalue weighted by Crippen LogP contribution is 2.26. The third kappa shape index (κ3) is 4.45. The number of ether oxygens (including phenoxy) is 1. The number of hydrogen-bond acceptors (Lipinski definition) is 3. The predicted molar refractivity (Wildman–Crippen MR) is 87.6 cm³/mol. The Morgan fingerprint density at radius 2 is 1.71 bits per heavy atom. The second kappa shape index (κ2) is 7.28. The van der Waals surface area contributed by atoms with Gasteiger partial charge in [-0.3, -0.25) is 4.90 Å². The van der Waals surface area contributed by atoms with Gasteiger partial charge in [-0.25, -0.2) is 0 Å². The van der Waals surface area contributed by atoms with E-state index in [2.05, 4.69) is 41.4 Å². The lowest BCUT2D eigenvalue weighted by Crippen LogP contribution is -2.35. The molecule has 3 rings (SSSR count). The van der Waals surface area contributed by atoms with Crippen molar-refractivity contribution in [1.82, 2.24) is 4.90 Å². The number of morpholine rings is 1. The van der Waals surface area contributed by atoms with E-state index in [9.17, 15) is 0 Å². The van der Waals surface area contributed by atoms with Gasteiger partial charge in [-0.2, -0.15) is 0 Å². The predicted octanol–water partition coefficient (Wildman–Crippen LogP) is 3.51. The average Bonchev–Trinajstić information content (AvgIpc) is 2.53. The molecule has 21 heavy (non-hydrogen) atoms. The highest BCUT2D eigenvalue weighted by molar-refractivity contribution is 5.45. The molecule has 3 nitrogen and oxygen atoms in total. The van der Waals surface area contributed by atoms with E-state index in [4.69, 9.17) is 4.74 Å². The fourth-order valence-corrected chi connectivity index (χ4v) is 3.36. The highest BCUT2D eigenvalue weighted by Gasteiger charge is 2.17. The minimum Gasteiger partial charge on any atom is -0.382 e. The molecule has 0 spiro atoms. The van der Waals surface area contributed by atoms with Crippen molar-refractivity contribution < 1.29 is 4.74 Å². The first kappa shape index (κ1) is 14.9. The van der Waals surface area contributed by atoms with Crippen LogP contribution < -0.4 is 5.32 Å². The SMILES string of the molecule is CC1CCC(Nc2ccc(CN3CCOCC3)cc2)CC1. The molecule has 1 saturated heterocycles. The number of nitrogens with zero attached hydrogens (tertiary/aromatic N) is 1. The average molecular weight is 288 g/mol. The molecule has 0 amide bonds. The van der Waals surface area contributed by atoms with Gasteiger partial charge in [-0.15, -0.1) is 0 Å². The zero-order valence-electron chi connectivity index (χ0n) is 13.2. The monoisotopic (exact) mass is 288 g/mol. The zero-order chi connectivity index (χ0) is 14.5. The maximum absolute atomic E-state index is 5.40. The maximum Gasteiger partial charge on any atom is 0.0594 e. The van der Waals surface area contributed by atoms with Crippen LogP contribution in [0.25, 0.3) is 0 Å². The Balaban J connectivity index is 1.49. The van der Waals surface area contributed by atoms with Gasteiger partial charge in [0.2, 0.25) is 0 Å². The summed E-state index contributed by atoms with van der Waals surface area (Å²) in [4.78, 5) is 2.47. The molecule has 0 atom stereocenters. The molecule has 1 aliphatic carbocycles. The second-order valence-electron chi connectivity index (χ2n) is 6.69. The van der Waals surface area contributed by atoms with Gasteiger partial charge in [0.1, 0.15) is 0 Å². The lowest BCUT2D eigenvalue weighted by molar-refractivity contribution is 0.0342. The minimum absolute atomic E-state index is 0.672. The van der Waals surface area contributed by atoms with Gasteiger partial charge in [0, 0.05) is 31.4 Å². The smallest absolute Gasteiger partial charge is 0.0594 e. The van der Waals surface area contributed by atoms with Gasteiger partial charge in [0.15, 0.2) is 0 Å². The fourth-order valence-electron chi connectivity index (χ4n) is 3.36. The maximum atomic E-state index is 5.40. The molecule has 116 valence electrons. The van der Waals surface area contributed by atoms with Crippen molar-refractivity contribution in [3.63, 3.8) is 0 Å². The van der Waals surface area contributed by atoms with Crippen LogP contribution in [0, 0.1) is 5.92 Å². The molecule has 1 N–H and O–H groups in total. The van der Waals surface area contributed by atoms with Crippen molar-refractivity contribution in [2.24, 2.45) is 5.92 Å². The van der Waals surface area contributed by atoms with Crippen LogP contribution in [0.15, 0.2) is 24.3 Å². The Labute approximate surface area is 128 Å². The topological polar surface area (TPSA) is 24.5 Å². The molecule has 2 fully saturated rings. The first-order chi connectivity index (χ1) is 10.3. The van der Waals surface area contributed by atoms with Gasteiger partial charge in [-0.05, 0) is 49.3 Å². The Hall–Kier alpha value is -1.06. The van der Waals surface area contributed by atoms with Crippen LogP contribution in [-0.2, 0) is 11.3 Å². The van der Waals surface area contributed by atoms with Crippen LogP contribution in [-0.4, -0.2) is 37.2 Å². The number of benzene rings is 1. The molecule has 0 unspecified atom stereocenters. The highest BCUT2D eigenvalue weighted by atomic mass is 16.5. The molecular weight excluding hydrogens is 260 g/mol. The number of anilines is 1. The van der Waals surface area contributed by atoms with E-state index in [1.807, 2.05) is 0 Å². The molecule has 0 bridgehead atoms. The van der Waals surface area contributed by atoms with Crippen molar-refractivity contribution in [3.05, 3.63) is 29.8 Å². The van der Waals surface area contributed by atoms with Crippen LogP contribution in [0.4, 0.5) is 5.69 Å². The van der Waals surface area contributed by atoms with Crippen LogP contribution >= 0.6 is 0 Å². The van der Waals surface area contributed by atoms with Crippen molar-refractivity contribution in [2.45, 2.75) is 45.2 Å². The summed E-state index contributed by atoms with van der Waals surface area (Å²) in [6.07, 6.45) is 5.37. The first-order valence-corrected chi connectivity index (χ1v) is 8.45. The van der Waals surface area contributed by atoms with Crippen LogP contribution in [0.1, 0.15) is 38.2 Å². The zero-order valence-corrected chi connectivity index (χ0v) is 13.2. The molecule has 0 radical (unpaired) electrons. The molecule has 1 aliphatic heterocycles. The van der Waals surface area contributed by atoms with E-state index in [1.165, 1.54) is 36.9 Å². The molecule has 1 heterocycles. The first-order valence-electron chi connectivity index (χ1n) is 8.45. The summed E-state index contributed by atoms with van der Waals surface area (Å²) in [5, 5.41) is 3.70. The summed E-state index contributed by atoms with van der Waals surface area (Å²) in [5.74, 6) is 0.916. The Morgan fingerprint density at radius 3 is 2.38 bits per heavy atom. The summed E-state index contributed by atoms with van der Waals surface area (Å²) < 4.78 is 5.40. The molecule has 1 aromatic carbocycles. The van der Waals surface area contributed by atoms with E-state index >= 15 is 0 Å². The molecule has 1 saturated carbocycles. The Morgan fingerprint density at radius 1 is 1.05 bits per heavy atom. The summed E-state index contributed by atoms with van der Waals surface area (Å²) in [7, 11) is 0. The second-order valence-corrected chi connectivity index (χ2v) is 6.69. The Bertz CT molecular complexity index is 417. The summed E-state index contributed by atoms with van der Waals surface area (Å²) in [6, 6.07) is 9.69. The van der Waals surface area contributed by atoms with E-state index in [0.29, 0.717) is 6.04 Å². The summed E-state index contributed by atoms with van der Waals surface area (Å²) in [5.41, 5.74) is 2.68. The molecule has 3 heteroatoms. The van der Waals surface area contributed by atoms with Gasteiger partial charge in [0.05, 0.1) is 13.2 Å². The normalized spacial score (nSPS) is 27.5. The van der Waals surface area contributed by atoms with Crippen LogP contribution in [0.3, 0.4) is 0 Å². The quantitative estimate of drug-likeness (QED) is 0.917. The van der Waals surface area contributed by atoms with Gasteiger partial charge in [-0.1, -0.05) is 19.1 Å². The lowest BCUT2D eigenvalue weighted by atomic mass is 9.87. The van der Waals surface area contributed by atoms with Gasteiger partial charge >= 0.3 is 0 Å². The summed E-state index contributed by atoms with van der Waals surface area (Å²) >= 11 is 0. The summed E-state index contributed by atoms with van der Waals surface area (Å²) in [6.45, 7) is 7.28. The largest absolute Gasteiger partial charge is 0.382 e. The number of rotatable bonds is 4. The fraction of sp³-hybridized carbons (Fsp3) is 0.667. The molecular formula is C18H28N2O. The van der Waals surface area contributed by atoms with E-state index in [1.54, 1.807) is 0 Å². The third-order valence-electron chi connectivity index (χ3n) is 4.85. The standard InChI is InChI=1S/C18H28N2O/c1-15-2-6-17(7-3-15)19-18-8-4-16(5-9-18)14-20-10-12-21-13-11-20/h4-5,8-9,15,17,19H,2-3,6-7,10-14H2,1H3. The third-order valence-corrected chi connectivity index (χ3v) is 4.85. The van der Waals surface area contributed by atoms with Crippen LogP contribution in [0.2, 0.25) is 0 Å². The number of hydrogen-bond donors (Lipinski definition) is 1. The minimum atomic E-state index is 0.672. The lowest BCUT2D eigenvalue weighted by Gasteiger charge is -2.28. The van der Waals surface area contributed by atoms with E-state index in [-0.39, 0.29) is 0 Å². The van der Waals surface area contributed by atoms with Crippen molar-refractivity contribution in [2.75, 3.05) is 31.6 Å². The van der Waals surface area contributed by atoms with Gasteiger partial charge in [0.25, 0.3) is 0 Å². The molecule has 2 aliphatic rings. The Kier molecular flexibility index (Phi) is 5.15. The molecule has 1 aromatic rings. The molecule has 0 aromatic heterocycles. The van der Waals surface area contributed by atoms with Crippen molar-refractivity contribution in [3.8, 4) is 0 Å². The van der Waals surface area contributed by atoms with E-state index in [0.717, 1.165) is 38.8 Å². The van der Waals surface area contributed by atoms with Crippen LogP contribution in [0.5, 0.6) is 0 Å². The van der Waals surface area contributed by atoms with Crippen molar-refractivity contribution >= 4 is 5.69 Å². The van der Waals surface area contributed by atoms with E-state index < -0.39 is 0 Å².